The van der Waals surface area contributed by atoms with Gasteiger partial charge in [0, 0.05) is 19.5 Å². The van der Waals surface area contributed by atoms with Crippen molar-refractivity contribution >= 4 is 5.97 Å². The SMILES string of the molecule is O=C(O)CCC1CCCN(CC2CCCCC2)C1. The molecule has 0 bridgehead atoms. The van der Waals surface area contributed by atoms with Crippen molar-refractivity contribution in [3.8, 4) is 0 Å². The first kappa shape index (κ1) is 13.9. The fourth-order valence-corrected chi connectivity index (χ4v) is 3.62. The summed E-state index contributed by atoms with van der Waals surface area (Å²) in [7, 11) is 0. The zero-order chi connectivity index (χ0) is 12.8. The van der Waals surface area contributed by atoms with Crippen LogP contribution in [0.4, 0.5) is 0 Å². The molecule has 3 nitrogen and oxygen atoms in total. The Labute approximate surface area is 111 Å². The quantitative estimate of drug-likeness (QED) is 0.818. The fraction of sp³-hybridized carbons (Fsp3) is 0.933. The Bertz CT molecular complexity index is 261. The molecule has 1 aliphatic heterocycles. The van der Waals surface area contributed by atoms with Crippen LogP contribution in [0.3, 0.4) is 0 Å². The van der Waals surface area contributed by atoms with Crippen molar-refractivity contribution in [3.63, 3.8) is 0 Å². The number of likely N-dealkylation sites (tertiary alicyclic amines) is 1. The first-order valence-corrected chi connectivity index (χ1v) is 7.68. The van der Waals surface area contributed by atoms with Gasteiger partial charge in [0.1, 0.15) is 0 Å². The summed E-state index contributed by atoms with van der Waals surface area (Å²) in [6.45, 7) is 3.65. The molecule has 1 heterocycles. The number of carboxylic acid groups (broad SMARTS) is 1. The molecular weight excluding hydrogens is 226 g/mol. The van der Waals surface area contributed by atoms with Gasteiger partial charge in [-0.1, -0.05) is 19.3 Å². The maximum absolute atomic E-state index is 10.6. The Morgan fingerprint density at radius 2 is 1.78 bits per heavy atom. The van der Waals surface area contributed by atoms with E-state index in [9.17, 15) is 4.79 Å². The molecule has 104 valence electrons. The highest BCUT2D eigenvalue weighted by Crippen LogP contribution is 2.27. The van der Waals surface area contributed by atoms with Crippen LogP contribution in [0.1, 0.15) is 57.8 Å². The Morgan fingerprint density at radius 1 is 1.06 bits per heavy atom. The molecule has 2 fully saturated rings. The van der Waals surface area contributed by atoms with E-state index in [2.05, 4.69) is 4.90 Å². The highest BCUT2D eigenvalue weighted by molar-refractivity contribution is 5.66. The molecule has 0 radical (unpaired) electrons. The van der Waals surface area contributed by atoms with Crippen molar-refractivity contribution in [1.29, 1.82) is 0 Å². The third-order valence-electron chi connectivity index (χ3n) is 4.61. The van der Waals surface area contributed by atoms with Gasteiger partial charge in [-0.3, -0.25) is 4.79 Å². The van der Waals surface area contributed by atoms with Gasteiger partial charge in [-0.05, 0) is 50.5 Å². The summed E-state index contributed by atoms with van der Waals surface area (Å²) >= 11 is 0. The minimum atomic E-state index is -0.639. The van der Waals surface area contributed by atoms with Gasteiger partial charge in [0.2, 0.25) is 0 Å². The number of piperidine rings is 1. The summed E-state index contributed by atoms with van der Waals surface area (Å²) in [5.41, 5.74) is 0. The van der Waals surface area contributed by atoms with Crippen LogP contribution in [0.5, 0.6) is 0 Å². The molecule has 18 heavy (non-hydrogen) atoms. The molecular formula is C15H27NO2. The van der Waals surface area contributed by atoms with Crippen LogP contribution >= 0.6 is 0 Å². The average molecular weight is 253 g/mol. The van der Waals surface area contributed by atoms with Crippen LogP contribution < -0.4 is 0 Å². The molecule has 0 aromatic heterocycles. The number of aliphatic carboxylic acids is 1. The van der Waals surface area contributed by atoms with Crippen molar-refractivity contribution in [3.05, 3.63) is 0 Å². The molecule has 1 saturated carbocycles. The zero-order valence-electron chi connectivity index (χ0n) is 11.4. The van der Waals surface area contributed by atoms with Gasteiger partial charge in [-0.25, -0.2) is 0 Å². The summed E-state index contributed by atoms with van der Waals surface area (Å²) in [4.78, 5) is 13.2. The van der Waals surface area contributed by atoms with Gasteiger partial charge < -0.3 is 10.0 Å². The second-order valence-corrected chi connectivity index (χ2v) is 6.20. The smallest absolute Gasteiger partial charge is 0.303 e. The lowest BCUT2D eigenvalue weighted by molar-refractivity contribution is -0.137. The van der Waals surface area contributed by atoms with E-state index in [1.165, 1.54) is 58.0 Å². The van der Waals surface area contributed by atoms with Crippen LogP contribution in [0.15, 0.2) is 0 Å². The van der Waals surface area contributed by atoms with Gasteiger partial charge in [0.05, 0.1) is 0 Å². The predicted octanol–water partition coefficient (Wildman–Crippen LogP) is 3.14. The molecule has 1 unspecified atom stereocenters. The van der Waals surface area contributed by atoms with Crippen LogP contribution in [0.2, 0.25) is 0 Å². The Morgan fingerprint density at radius 3 is 2.50 bits per heavy atom. The first-order valence-electron chi connectivity index (χ1n) is 7.68. The molecule has 1 N–H and O–H groups in total. The lowest BCUT2D eigenvalue weighted by atomic mass is 9.87. The monoisotopic (exact) mass is 253 g/mol. The molecule has 0 amide bonds. The zero-order valence-corrected chi connectivity index (χ0v) is 11.4. The maximum Gasteiger partial charge on any atom is 0.303 e. The van der Waals surface area contributed by atoms with Gasteiger partial charge in [0.15, 0.2) is 0 Å². The molecule has 0 aromatic carbocycles. The summed E-state index contributed by atoms with van der Waals surface area (Å²) in [5, 5.41) is 8.76. The lowest BCUT2D eigenvalue weighted by Crippen LogP contribution is -2.39. The van der Waals surface area contributed by atoms with E-state index >= 15 is 0 Å². The van der Waals surface area contributed by atoms with Crippen molar-refractivity contribution in [2.45, 2.75) is 57.8 Å². The number of hydrogen-bond acceptors (Lipinski definition) is 2. The lowest BCUT2D eigenvalue weighted by Gasteiger charge is -2.36. The summed E-state index contributed by atoms with van der Waals surface area (Å²) < 4.78 is 0. The molecule has 3 heteroatoms. The van der Waals surface area contributed by atoms with Gasteiger partial charge in [-0.15, -0.1) is 0 Å². The topological polar surface area (TPSA) is 40.5 Å². The number of hydrogen-bond donors (Lipinski definition) is 1. The summed E-state index contributed by atoms with van der Waals surface area (Å²) in [5.74, 6) is 0.898. The van der Waals surface area contributed by atoms with E-state index in [0.717, 1.165) is 18.9 Å². The van der Waals surface area contributed by atoms with E-state index in [4.69, 9.17) is 5.11 Å². The maximum atomic E-state index is 10.6. The molecule has 1 aliphatic carbocycles. The second kappa shape index (κ2) is 7.13. The van der Waals surface area contributed by atoms with Crippen molar-refractivity contribution in [1.82, 2.24) is 4.90 Å². The Balaban J connectivity index is 1.70. The normalized spacial score (nSPS) is 27.2. The first-order chi connectivity index (χ1) is 8.74. The van der Waals surface area contributed by atoms with E-state index < -0.39 is 5.97 Å². The van der Waals surface area contributed by atoms with Crippen LogP contribution in [-0.2, 0) is 4.79 Å². The van der Waals surface area contributed by atoms with Gasteiger partial charge in [0.25, 0.3) is 0 Å². The van der Waals surface area contributed by atoms with E-state index in [1.807, 2.05) is 0 Å². The minimum absolute atomic E-state index is 0.349. The Hall–Kier alpha value is -0.570. The van der Waals surface area contributed by atoms with Gasteiger partial charge >= 0.3 is 5.97 Å². The molecule has 1 atom stereocenters. The van der Waals surface area contributed by atoms with E-state index in [-0.39, 0.29) is 0 Å². The molecule has 2 rings (SSSR count). The Kier molecular flexibility index (Phi) is 5.48. The second-order valence-electron chi connectivity index (χ2n) is 6.20. The van der Waals surface area contributed by atoms with Crippen LogP contribution in [0, 0.1) is 11.8 Å². The number of carbonyl (C=O) groups is 1. The van der Waals surface area contributed by atoms with Crippen molar-refractivity contribution < 1.29 is 9.90 Å². The third kappa shape index (κ3) is 4.60. The predicted molar refractivity (Wildman–Crippen MR) is 72.6 cm³/mol. The van der Waals surface area contributed by atoms with Crippen LogP contribution in [0.25, 0.3) is 0 Å². The highest BCUT2D eigenvalue weighted by Gasteiger charge is 2.23. The minimum Gasteiger partial charge on any atom is -0.481 e. The molecule has 1 saturated heterocycles. The fourth-order valence-electron chi connectivity index (χ4n) is 3.62. The van der Waals surface area contributed by atoms with E-state index in [0.29, 0.717) is 12.3 Å². The number of nitrogens with zero attached hydrogens (tertiary/aromatic N) is 1. The standard InChI is InChI=1S/C15H27NO2/c17-15(18)9-8-14-7-4-10-16(12-14)11-13-5-2-1-3-6-13/h13-14H,1-12H2,(H,17,18). The van der Waals surface area contributed by atoms with E-state index in [1.54, 1.807) is 0 Å². The van der Waals surface area contributed by atoms with Crippen molar-refractivity contribution in [2.24, 2.45) is 11.8 Å². The number of rotatable bonds is 5. The summed E-state index contributed by atoms with van der Waals surface area (Å²) in [6, 6.07) is 0. The van der Waals surface area contributed by atoms with Gasteiger partial charge in [-0.2, -0.15) is 0 Å². The highest BCUT2D eigenvalue weighted by atomic mass is 16.4. The molecule has 0 aromatic rings. The largest absolute Gasteiger partial charge is 0.481 e. The van der Waals surface area contributed by atoms with Crippen LogP contribution in [-0.4, -0.2) is 35.6 Å². The third-order valence-corrected chi connectivity index (χ3v) is 4.61. The molecule has 2 aliphatic rings. The average Bonchev–Trinajstić information content (AvgIpc) is 2.38. The number of carboxylic acids is 1. The summed E-state index contributed by atoms with van der Waals surface area (Å²) in [6.07, 6.45) is 10.8. The van der Waals surface area contributed by atoms with Crippen molar-refractivity contribution in [2.75, 3.05) is 19.6 Å². The molecule has 0 spiro atoms.